The molecule has 1 aliphatic rings. The Morgan fingerprint density at radius 2 is 1.72 bits per heavy atom. The third-order valence-corrected chi connectivity index (χ3v) is 5.11. The van der Waals surface area contributed by atoms with Crippen molar-refractivity contribution >= 4 is 17.5 Å². The maximum absolute atomic E-state index is 11.8. The summed E-state index contributed by atoms with van der Waals surface area (Å²) in [5.41, 5.74) is 6.96. The molecule has 0 bridgehead atoms. The quantitative estimate of drug-likeness (QED) is 0.637. The van der Waals surface area contributed by atoms with Gasteiger partial charge in [-0.15, -0.1) is 0 Å². The third kappa shape index (κ3) is 4.37. The Morgan fingerprint density at radius 3 is 2.45 bits per heavy atom. The Labute approximate surface area is 171 Å². The number of hydrogen-bond donors (Lipinski definition) is 1. The van der Waals surface area contributed by atoms with Crippen LogP contribution in [0.4, 0.5) is 10.5 Å². The van der Waals surface area contributed by atoms with Crippen LogP contribution in [0.2, 0.25) is 0 Å². The number of amides is 1. The minimum atomic E-state index is -0.416. The van der Waals surface area contributed by atoms with Gasteiger partial charge in [0, 0.05) is 28.8 Å². The van der Waals surface area contributed by atoms with Gasteiger partial charge in [-0.05, 0) is 42.8 Å². The van der Waals surface area contributed by atoms with E-state index in [0.29, 0.717) is 6.61 Å². The smallest absolute Gasteiger partial charge is 0.411 e. The first-order valence-electron chi connectivity index (χ1n) is 10.0. The van der Waals surface area contributed by atoms with E-state index < -0.39 is 6.09 Å². The van der Waals surface area contributed by atoms with Crippen molar-refractivity contribution in [3.63, 3.8) is 0 Å². The molecule has 0 aromatic heterocycles. The van der Waals surface area contributed by atoms with Gasteiger partial charge < -0.3 is 4.74 Å². The first-order chi connectivity index (χ1) is 14.2. The van der Waals surface area contributed by atoms with Gasteiger partial charge in [-0.1, -0.05) is 48.5 Å². The number of nitrogens with zero attached hydrogens (tertiary/aromatic N) is 1. The van der Waals surface area contributed by atoms with Crippen LogP contribution in [0.15, 0.2) is 78.9 Å². The molecule has 0 saturated carbocycles. The zero-order valence-corrected chi connectivity index (χ0v) is 16.6. The first-order valence-corrected chi connectivity index (χ1v) is 10.0. The van der Waals surface area contributed by atoms with E-state index in [9.17, 15) is 4.79 Å². The summed E-state index contributed by atoms with van der Waals surface area (Å²) < 4.78 is 7.45. The van der Waals surface area contributed by atoms with Crippen LogP contribution < -0.4 is 5.32 Å². The van der Waals surface area contributed by atoms with Gasteiger partial charge in [0.25, 0.3) is 0 Å². The predicted molar refractivity (Wildman–Crippen MR) is 116 cm³/mol. The fourth-order valence-corrected chi connectivity index (χ4v) is 3.83. The van der Waals surface area contributed by atoms with Gasteiger partial charge in [-0.2, -0.15) is 0 Å². The second-order valence-corrected chi connectivity index (χ2v) is 7.09. The number of ether oxygens (including phenoxy) is 1. The fraction of sp³-hybridized carbons (Fsp3) is 0.200. The monoisotopic (exact) mass is 385 g/mol. The maximum Gasteiger partial charge on any atom is 0.411 e. The van der Waals surface area contributed by atoms with Crippen LogP contribution in [0.1, 0.15) is 29.2 Å². The molecular formula is C25H25N2O2+. The minimum absolute atomic E-state index is 0.358. The van der Waals surface area contributed by atoms with Gasteiger partial charge in [-0.3, -0.25) is 5.32 Å². The van der Waals surface area contributed by atoms with Gasteiger partial charge in [0.1, 0.15) is 6.54 Å². The second-order valence-electron chi connectivity index (χ2n) is 7.09. The molecule has 1 N–H and O–H groups in total. The number of benzene rings is 3. The Morgan fingerprint density at radius 1 is 1.00 bits per heavy atom. The highest BCUT2D eigenvalue weighted by atomic mass is 16.5. The Hall–Kier alpha value is -3.40. The van der Waals surface area contributed by atoms with Crippen molar-refractivity contribution in [1.82, 2.24) is 0 Å². The molecule has 1 amide bonds. The van der Waals surface area contributed by atoms with Gasteiger partial charge in [-0.25, -0.2) is 9.37 Å². The van der Waals surface area contributed by atoms with Crippen LogP contribution in [0.25, 0.3) is 0 Å². The number of fused-ring (bicyclic) bond motifs is 1. The summed E-state index contributed by atoms with van der Waals surface area (Å²) in [6, 6.07) is 27.2. The number of hydrogen-bond acceptors (Lipinski definition) is 2. The van der Waals surface area contributed by atoms with Crippen LogP contribution in [0.5, 0.6) is 0 Å². The summed E-state index contributed by atoms with van der Waals surface area (Å²) in [6.45, 7) is 3.95. The molecule has 3 aromatic rings. The fourth-order valence-electron chi connectivity index (χ4n) is 3.83. The van der Waals surface area contributed by atoms with Crippen molar-refractivity contribution in [1.29, 1.82) is 0 Å². The van der Waals surface area contributed by atoms with Gasteiger partial charge in [0.2, 0.25) is 5.71 Å². The molecule has 0 fully saturated rings. The Bertz CT molecular complexity index is 1030. The molecule has 0 atom stereocenters. The van der Waals surface area contributed by atoms with Crippen molar-refractivity contribution in [2.45, 2.75) is 19.9 Å². The zero-order valence-electron chi connectivity index (χ0n) is 16.6. The van der Waals surface area contributed by atoms with Crippen molar-refractivity contribution in [2.75, 3.05) is 18.5 Å². The average Bonchev–Trinajstić information content (AvgIpc) is 2.75. The molecule has 4 heteroatoms. The van der Waals surface area contributed by atoms with E-state index in [-0.39, 0.29) is 0 Å². The Balaban J connectivity index is 1.73. The van der Waals surface area contributed by atoms with Crippen LogP contribution in [0.3, 0.4) is 0 Å². The number of carbonyl (C=O) groups is 1. The lowest BCUT2D eigenvalue weighted by molar-refractivity contribution is -0.544. The van der Waals surface area contributed by atoms with E-state index in [1.54, 1.807) is 6.92 Å². The first kappa shape index (κ1) is 18.9. The topological polar surface area (TPSA) is 41.3 Å². The third-order valence-electron chi connectivity index (χ3n) is 5.11. The standard InChI is InChI=1S/C25H24N2O2/c1-2-29-25(28)26-22-13-14-23-21(17-22)15-16-27(18-19-9-5-3-6-10-19)24(23)20-11-7-4-8-12-20/h3-14,17H,2,15-16,18H2,1H3/p+1. The maximum atomic E-state index is 11.8. The second kappa shape index (κ2) is 8.74. The van der Waals surface area contributed by atoms with Gasteiger partial charge >= 0.3 is 6.09 Å². The molecule has 1 aliphatic heterocycles. The normalized spacial score (nSPS) is 13.0. The van der Waals surface area contributed by atoms with Gasteiger partial charge in [0.05, 0.1) is 6.61 Å². The van der Waals surface area contributed by atoms with Crippen molar-refractivity contribution in [3.8, 4) is 0 Å². The lowest BCUT2D eigenvalue weighted by atomic mass is 9.91. The minimum Gasteiger partial charge on any atom is -0.450 e. The molecule has 0 radical (unpaired) electrons. The molecule has 0 spiro atoms. The summed E-state index contributed by atoms with van der Waals surface area (Å²) in [4.78, 5) is 11.8. The predicted octanol–water partition coefficient (Wildman–Crippen LogP) is 4.86. The van der Waals surface area contributed by atoms with Crippen molar-refractivity contribution in [2.24, 2.45) is 0 Å². The molecule has 0 saturated heterocycles. The molecule has 29 heavy (non-hydrogen) atoms. The van der Waals surface area contributed by atoms with E-state index in [4.69, 9.17) is 4.74 Å². The molecule has 146 valence electrons. The van der Waals surface area contributed by atoms with E-state index in [0.717, 1.165) is 25.2 Å². The van der Waals surface area contributed by atoms with Crippen LogP contribution >= 0.6 is 0 Å². The largest absolute Gasteiger partial charge is 0.450 e. The SMILES string of the molecule is CCOC(=O)Nc1ccc2c(c1)CC[N+](Cc1ccccc1)=C2c1ccccc1. The highest BCUT2D eigenvalue weighted by Gasteiger charge is 2.27. The van der Waals surface area contributed by atoms with Crippen molar-refractivity contribution < 1.29 is 14.1 Å². The lowest BCUT2D eigenvalue weighted by Gasteiger charge is -2.20. The van der Waals surface area contributed by atoms with E-state index >= 15 is 0 Å². The molecule has 4 rings (SSSR count). The molecule has 4 nitrogen and oxygen atoms in total. The average molecular weight is 385 g/mol. The van der Waals surface area contributed by atoms with Gasteiger partial charge in [0.15, 0.2) is 6.54 Å². The zero-order chi connectivity index (χ0) is 20.1. The van der Waals surface area contributed by atoms with Crippen molar-refractivity contribution in [3.05, 3.63) is 101 Å². The summed E-state index contributed by atoms with van der Waals surface area (Å²) >= 11 is 0. The van der Waals surface area contributed by atoms with E-state index in [2.05, 4.69) is 76.6 Å². The van der Waals surface area contributed by atoms with Crippen LogP contribution in [-0.2, 0) is 17.7 Å². The summed E-state index contributed by atoms with van der Waals surface area (Å²) in [5, 5.41) is 2.81. The van der Waals surface area contributed by atoms with Crippen LogP contribution in [0, 0.1) is 0 Å². The molecule has 1 heterocycles. The lowest BCUT2D eigenvalue weighted by Crippen LogP contribution is -2.30. The van der Waals surface area contributed by atoms with E-state index in [1.807, 2.05) is 12.1 Å². The number of anilines is 1. The summed E-state index contributed by atoms with van der Waals surface area (Å²) in [5.74, 6) is 0. The number of carbonyl (C=O) groups excluding carboxylic acids is 1. The van der Waals surface area contributed by atoms with Crippen LogP contribution in [-0.4, -0.2) is 29.5 Å². The summed E-state index contributed by atoms with van der Waals surface area (Å²) in [7, 11) is 0. The van der Waals surface area contributed by atoms with E-state index in [1.165, 1.54) is 28.0 Å². The molecular weight excluding hydrogens is 360 g/mol. The number of rotatable bonds is 5. The molecule has 0 aliphatic carbocycles. The highest BCUT2D eigenvalue weighted by Crippen LogP contribution is 2.25. The molecule has 3 aromatic carbocycles. The summed E-state index contributed by atoms with van der Waals surface area (Å²) in [6.07, 6.45) is 0.512. The number of nitrogens with one attached hydrogen (secondary N) is 1. The Kier molecular flexibility index (Phi) is 5.71. The highest BCUT2D eigenvalue weighted by molar-refractivity contribution is 6.11. The molecule has 0 unspecified atom stereocenters.